The molecule has 0 spiro atoms. The van der Waals surface area contributed by atoms with Crippen LogP contribution in [-0.2, 0) is 14.3 Å². The number of rotatable bonds is 6. The maximum absolute atomic E-state index is 12.3. The van der Waals surface area contributed by atoms with Crippen LogP contribution in [0.4, 0.5) is 5.69 Å². The number of amides is 1. The van der Waals surface area contributed by atoms with E-state index in [9.17, 15) is 9.59 Å². The SMILES string of the molecule is CC[C@@H](C(=O)Nc1ccc(OC(=O)C2CCC3OC3C2)cc1)C(C)C. The van der Waals surface area contributed by atoms with Crippen LogP contribution in [0.1, 0.15) is 46.5 Å². The molecule has 1 amide bonds. The highest BCUT2D eigenvalue weighted by molar-refractivity contribution is 5.92. The fraction of sp³-hybridized carbons (Fsp3) is 0.600. The van der Waals surface area contributed by atoms with Crippen LogP contribution >= 0.6 is 0 Å². The fourth-order valence-corrected chi connectivity index (χ4v) is 3.62. The van der Waals surface area contributed by atoms with Gasteiger partial charge in [0.25, 0.3) is 0 Å². The highest BCUT2D eigenvalue weighted by Crippen LogP contribution is 2.39. The van der Waals surface area contributed by atoms with Crippen molar-refractivity contribution >= 4 is 17.6 Å². The van der Waals surface area contributed by atoms with Crippen LogP contribution in [0.2, 0.25) is 0 Å². The molecule has 1 saturated heterocycles. The molecular formula is C20H27NO4. The standard InChI is InChI=1S/C20H27NO4/c1-4-16(12(2)3)19(22)21-14-6-8-15(9-7-14)24-20(23)13-5-10-17-18(11-13)25-17/h6-9,12-13,16-18H,4-5,10-11H2,1-3H3,(H,21,22)/t13?,16-,17?,18?/m1/s1. The zero-order valence-corrected chi connectivity index (χ0v) is 15.2. The number of anilines is 1. The van der Waals surface area contributed by atoms with E-state index >= 15 is 0 Å². The van der Waals surface area contributed by atoms with Crippen molar-refractivity contribution in [2.45, 2.75) is 58.7 Å². The maximum Gasteiger partial charge on any atom is 0.314 e. The van der Waals surface area contributed by atoms with Crippen LogP contribution in [0.3, 0.4) is 0 Å². The Morgan fingerprint density at radius 2 is 1.92 bits per heavy atom. The number of hydrogen-bond acceptors (Lipinski definition) is 4. The maximum atomic E-state index is 12.3. The van der Waals surface area contributed by atoms with Gasteiger partial charge in [0.2, 0.25) is 5.91 Å². The molecule has 4 atom stereocenters. The monoisotopic (exact) mass is 345 g/mol. The van der Waals surface area contributed by atoms with Gasteiger partial charge in [-0.15, -0.1) is 0 Å². The van der Waals surface area contributed by atoms with E-state index in [-0.39, 0.29) is 29.8 Å². The molecule has 1 aromatic carbocycles. The van der Waals surface area contributed by atoms with E-state index in [2.05, 4.69) is 19.2 Å². The van der Waals surface area contributed by atoms with Crippen LogP contribution in [-0.4, -0.2) is 24.1 Å². The van der Waals surface area contributed by atoms with Gasteiger partial charge in [-0.05, 0) is 55.9 Å². The third kappa shape index (κ3) is 4.40. The van der Waals surface area contributed by atoms with E-state index in [1.165, 1.54) is 0 Å². The minimum atomic E-state index is -0.184. The number of fused-ring (bicyclic) bond motifs is 1. The van der Waals surface area contributed by atoms with E-state index in [0.29, 0.717) is 17.8 Å². The number of nitrogens with one attached hydrogen (secondary N) is 1. The molecule has 2 aliphatic rings. The van der Waals surface area contributed by atoms with Gasteiger partial charge in [0.05, 0.1) is 18.1 Å². The van der Waals surface area contributed by atoms with Crippen molar-refractivity contribution in [2.24, 2.45) is 17.8 Å². The summed E-state index contributed by atoms with van der Waals surface area (Å²) in [6.07, 6.45) is 4.00. The molecule has 3 unspecified atom stereocenters. The molecule has 1 saturated carbocycles. The number of esters is 1. The first kappa shape index (κ1) is 17.9. The van der Waals surface area contributed by atoms with Crippen molar-refractivity contribution in [3.05, 3.63) is 24.3 Å². The topological polar surface area (TPSA) is 67.9 Å². The molecule has 0 bridgehead atoms. The molecule has 0 aromatic heterocycles. The summed E-state index contributed by atoms with van der Waals surface area (Å²) < 4.78 is 10.9. The van der Waals surface area contributed by atoms with E-state index in [4.69, 9.17) is 9.47 Å². The molecule has 5 nitrogen and oxygen atoms in total. The third-order valence-electron chi connectivity index (χ3n) is 5.26. The molecule has 1 aromatic rings. The second-order valence-electron chi connectivity index (χ2n) is 7.42. The second kappa shape index (κ2) is 7.56. The lowest BCUT2D eigenvalue weighted by molar-refractivity contribution is -0.139. The Morgan fingerprint density at radius 1 is 1.20 bits per heavy atom. The highest BCUT2D eigenvalue weighted by atomic mass is 16.6. The average molecular weight is 345 g/mol. The number of epoxide rings is 1. The minimum Gasteiger partial charge on any atom is -0.426 e. The lowest BCUT2D eigenvalue weighted by atomic mass is 9.89. The molecular weight excluding hydrogens is 318 g/mol. The summed E-state index contributed by atoms with van der Waals surface area (Å²) in [5.74, 6) is 0.588. The van der Waals surface area contributed by atoms with E-state index in [1.54, 1.807) is 24.3 Å². The molecule has 25 heavy (non-hydrogen) atoms. The van der Waals surface area contributed by atoms with Crippen LogP contribution in [0, 0.1) is 17.8 Å². The van der Waals surface area contributed by atoms with Crippen molar-refractivity contribution in [1.29, 1.82) is 0 Å². The summed E-state index contributed by atoms with van der Waals surface area (Å²) in [4.78, 5) is 24.5. The Labute approximate surface area is 149 Å². The zero-order chi connectivity index (χ0) is 18.0. The zero-order valence-electron chi connectivity index (χ0n) is 15.2. The van der Waals surface area contributed by atoms with Crippen LogP contribution in [0.5, 0.6) is 5.75 Å². The van der Waals surface area contributed by atoms with Crippen molar-refractivity contribution in [2.75, 3.05) is 5.32 Å². The summed E-state index contributed by atoms with van der Waals surface area (Å²) in [5, 5.41) is 2.93. The molecule has 3 rings (SSSR count). The summed E-state index contributed by atoms with van der Waals surface area (Å²) >= 11 is 0. The molecule has 1 aliphatic heterocycles. The predicted molar refractivity (Wildman–Crippen MR) is 95.3 cm³/mol. The van der Waals surface area contributed by atoms with Crippen molar-refractivity contribution in [3.8, 4) is 5.75 Å². The van der Waals surface area contributed by atoms with Gasteiger partial charge in [-0.1, -0.05) is 20.8 Å². The molecule has 1 aliphatic carbocycles. The molecule has 1 heterocycles. The van der Waals surface area contributed by atoms with Crippen LogP contribution in [0.15, 0.2) is 24.3 Å². The van der Waals surface area contributed by atoms with Gasteiger partial charge in [0, 0.05) is 11.6 Å². The largest absolute Gasteiger partial charge is 0.426 e. The van der Waals surface area contributed by atoms with Gasteiger partial charge in [0.1, 0.15) is 5.75 Å². The summed E-state index contributed by atoms with van der Waals surface area (Å²) in [5.41, 5.74) is 0.718. The number of ether oxygens (including phenoxy) is 2. The molecule has 0 radical (unpaired) electrons. The van der Waals surface area contributed by atoms with Gasteiger partial charge >= 0.3 is 5.97 Å². The lowest BCUT2D eigenvalue weighted by Crippen LogP contribution is -2.26. The number of hydrogen-bond donors (Lipinski definition) is 1. The van der Waals surface area contributed by atoms with Gasteiger partial charge < -0.3 is 14.8 Å². The van der Waals surface area contributed by atoms with Crippen molar-refractivity contribution in [1.82, 2.24) is 0 Å². The van der Waals surface area contributed by atoms with E-state index < -0.39 is 0 Å². The Bertz CT molecular complexity index is 625. The summed E-state index contributed by atoms with van der Waals surface area (Å²) in [6.45, 7) is 6.12. The van der Waals surface area contributed by atoms with Crippen LogP contribution < -0.4 is 10.1 Å². The van der Waals surface area contributed by atoms with Crippen molar-refractivity contribution in [3.63, 3.8) is 0 Å². The number of benzene rings is 1. The van der Waals surface area contributed by atoms with E-state index in [0.717, 1.165) is 31.4 Å². The second-order valence-corrected chi connectivity index (χ2v) is 7.42. The Morgan fingerprint density at radius 3 is 2.52 bits per heavy atom. The van der Waals surface area contributed by atoms with E-state index in [1.807, 2.05) is 6.92 Å². The first-order valence-corrected chi connectivity index (χ1v) is 9.26. The van der Waals surface area contributed by atoms with Gasteiger partial charge in [-0.25, -0.2) is 0 Å². The first-order valence-electron chi connectivity index (χ1n) is 9.26. The first-order chi connectivity index (χ1) is 12.0. The lowest BCUT2D eigenvalue weighted by Gasteiger charge is -2.19. The number of carbonyl (C=O) groups excluding carboxylic acids is 2. The molecule has 1 N–H and O–H groups in total. The molecule has 136 valence electrons. The molecule has 5 heteroatoms. The van der Waals surface area contributed by atoms with Gasteiger partial charge in [0.15, 0.2) is 0 Å². The van der Waals surface area contributed by atoms with Crippen molar-refractivity contribution < 1.29 is 19.1 Å². The number of carbonyl (C=O) groups is 2. The summed E-state index contributed by atoms with van der Waals surface area (Å²) in [7, 11) is 0. The minimum absolute atomic E-state index is 0.00252. The highest BCUT2D eigenvalue weighted by Gasteiger charge is 2.46. The Hall–Kier alpha value is -1.88. The fourth-order valence-electron chi connectivity index (χ4n) is 3.62. The smallest absolute Gasteiger partial charge is 0.314 e. The average Bonchev–Trinajstić information content (AvgIpc) is 3.35. The Balaban J connectivity index is 1.53. The quantitative estimate of drug-likeness (QED) is 0.484. The normalized spacial score (nSPS) is 25.8. The summed E-state index contributed by atoms with van der Waals surface area (Å²) in [6, 6.07) is 7.00. The van der Waals surface area contributed by atoms with Gasteiger partial charge in [-0.3, -0.25) is 9.59 Å². The Kier molecular flexibility index (Phi) is 5.42. The van der Waals surface area contributed by atoms with Gasteiger partial charge in [-0.2, -0.15) is 0 Å². The third-order valence-corrected chi connectivity index (χ3v) is 5.26. The molecule has 2 fully saturated rings. The van der Waals surface area contributed by atoms with Crippen LogP contribution in [0.25, 0.3) is 0 Å². The predicted octanol–water partition coefficient (Wildman–Crippen LogP) is 3.78.